The molecule has 0 amide bonds. The molecule has 0 saturated carbocycles. The van der Waals surface area contributed by atoms with Gasteiger partial charge in [-0.15, -0.1) is 0 Å². The van der Waals surface area contributed by atoms with Crippen LogP contribution in [0.25, 0.3) is 28.1 Å². The Bertz CT molecular complexity index is 1430. The maximum absolute atomic E-state index is 16.0. The predicted molar refractivity (Wildman–Crippen MR) is 154 cm³/mol. The van der Waals surface area contributed by atoms with Crippen molar-refractivity contribution in [2.45, 2.75) is 19.3 Å². The minimum absolute atomic E-state index is 0.0264. The first-order valence-corrected chi connectivity index (χ1v) is 14.2. The quantitative estimate of drug-likeness (QED) is 0.248. The summed E-state index contributed by atoms with van der Waals surface area (Å²) in [6.07, 6.45) is 4.33. The fourth-order valence-corrected chi connectivity index (χ4v) is 5.92. The van der Waals surface area contributed by atoms with E-state index in [-0.39, 0.29) is 16.8 Å². The number of aromatic nitrogens is 3. The summed E-state index contributed by atoms with van der Waals surface area (Å²) in [5.41, 5.74) is 3.36. The second-order valence-corrected chi connectivity index (χ2v) is 10.8. The molecule has 208 valence electrons. The minimum atomic E-state index is -2.76. The Morgan fingerprint density at radius 2 is 1.57 bits per heavy atom. The first-order chi connectivity index (χ1) is 19.6. The average Bonchev–Trinajstić information content (AvgIpc) is 3.68. The van der Waals surface area contributed by atoms with Crippen molar-refractivity contribution in [3.8, 4) is 28.1 Å². The lowest BCUT2D eigenvalue weighted by atomic mass is 9.99. The second kappa shape index (κ2) is 11.9. The molecule has 0 aliphatic carbocycles. The Hall–Kier alpha value is -3.54. The Balaban J connectivity index is 1.40. The molecule has 0 bridgehead atoms. The molecule has 6 rings (SSSR count). The van der Waals surface area contributed by atoms with Gasteiger partial charge in [0, 0.05) is 97.9 Å². The largest absolute Gasteiger partial charge is 0.369 e. The van der Waals surface area contributed by atoms with E-state index in [1.807, 2.05) is 24.3 Å². The van der Waals surface area contributed by atoms with E-state index in [0.29, 0.717) is 16.8 Å². The molecule has 11 heteroatoms. The van der Waals surface area contributed by atoms with Gasteiger partial charge in [0.2, 0.25) is 0 Å². The smallest absolute Gasteiger partial charge is 0.263 e. The molecule has 4 heterocycles. The number of pyridine rings is 1. The highest BCUT2D eigenvalue weighted by molar-refractivity contribution is 7.98. The van der Waals surface area contributed by atoms with E-state index in [0.717, 1.165) is 63.5 Å². The van der Waals surface area contributed by atoms with Crippen LogP contribution in [-0.4, -0.2) is 58.3 Å². The molecule has 4 aromatic rings. The van der Waals surface area contributed by atoms with Crippen LogP contribution in [0.5, 0.6) is 0 Å². The first kappa shape index (κ1) is 26.7. The third kappa shape index (κ3) is 5.67. The van der Waals surface area contributed by atoms with Crippen LogP contribution in [0.3, 0.4) is 0 Å². The van der Waals surface area contributed by atoms with E-state index in [2.05, 4.69) is 24.2 Å². The van der Waals surface area contributed by atoms with Crippen molar-refractivity contribution in [3.63, 3.8) is 0 Å². The van der Waals surface area contributed by atoms with E-state index in [9.17, 15) is 8.78 Å². The molecule has 2 aromatic carbocycles. The van der Waals surface area contributed by atoms with Gasteiger partial charge in [-0.1, -0.05) is 0 Å². The van der Waals surface area contributed by atoms with Gasteiger partial charge in [-0.3, -0.25) is 4.98 Å². The molecule has 2 fully saturated rings. The van der Waals surface area contributed by atoms with Crippen molar-refractivity contribution >= 4 is 23.5 Å². The van der Waals surface area contributed by atoms with E-state index < -0.39 is 12.2 Å². The van der Waals surface area contributed by atoms with Gasteiger partial charge in [-0.25, -0.2) is 22.2 Å². The molecule has 0 radical (unpaired) electrons. The number of hydrogen-bond acceptors (Lipinski definition) is 7. The number of piperazine rings is 1. The van der Waals surface area contributed by atoms with E-state index in [1.165, 1.54) is 24.3 Å². The molecule has 2 aliphatic rings. The van der Waals surface area contributed by atoms with Gasteiger partial charge in [0.15, 0.2) is 5.82 Å². The standard InChI is InChI=1S/C29H30F3N7S/c30-27-24(17-21(29(31)32)18-26(27)36-40-38-13-1-2-14-38)25-19-39(35-28(25)20-7-9-33-10-8-20)23-5-3-22(4-6-23)37-15-11-34-12-16-37/h3-10,17-19,29,34,36H,1-2,11-16H2. The molecular formula is C29H30F3N7S. The van der Waals surface area contributed by atoms with Crippen molar-refractivity contribution in [2.24, 2.45) is 0 Å². The van der Waals surface area contributed by atoms with Gasteiger partial charge in [0.25, 0.3) is 6.43 Å². The fourth-order valence-electron chi connectivity index (χ4n) is 5.10. The molecular weight excluding hydrogens is 535 g/mol. The molecule has 0 atom stereocenters. The monoisotopic (exact) mass is 565 g/mol. The number of anilines is 2. The normalized spacial score (nSPS) is 16.1. The number of halogens is 3. The molecule has 2 aromatic heterocycles. The zero-order valence-corrected chi connectivity index (χ0v) is 22.7. The second-order valence-electron chi connectivity index (χ2n) is 9.89. The molecule has 2 saturated heterocycles. The van der Waals surface area contributed by atoms with Crippen LogP contribution in [0, 0.1) is 5.82 Å². The number of alkyl halides is 2. The van der Waals surface area contributed by atoms with E-state index in [4.69, 9.17) is 5.10 Å². The summed E-state index contributed by atoms with van der Waals surface area (Å²) < 4.78 is 50.8. The number of nitrogens with zero attached hydrogens (tertiary/aromatic N) is 5. The Morgan fingerprint density at radius 3 is 2.27 bits per heavy atom. The number of benzene rings is 2. The summed E-state index contributed by atoms with van der Waals surface area (Å²) in [5.74, 6) is -0.597. The average molecular weight is 566 g/mol. The molecule has 40 heavy (non-hydrogen) atoms. The summed E-state index contributed by atoms with van der Waals surface area (Å²) in [6.45, 7) is 5.49. The van der Waals surface area contributed by atoms with Crippen LogP contribution < -0.4 is 14.9 Å². The molecule has 0 unspecified atom stereocenters. The summed E-state index contributed by atoms with van der Waals surface area (Å²) in [6, 6.07) is 14.0. The van der Waals surface area contributed by atoms with Crippen LogP contribution in [0.4, 0.5) is 24.5 Å². The van der Waals surface area contributed by atoms with Crippen LogP contribution in [0.1, 0.15) is 24.8 Å². The maximum atomic E-state index is 16.0. The number of rotatable bonds is 8. The van der Waals surface area contributed by atoms with Gasteiger partial charge >= 0.3 is 0 Å². The highest BCUT2D eigenvalue weighted by atomic mass is 32.2. The molecule has 2 aliphatic heterocycles. The SMILES string of the molecule is Fc1c(NSN2CCCC2)cc(C(F)F)cc1-c1cn(-c2ccc(N3CCNCC3)cc2)nc1-c1ccncc1. The maximum Gasteiger partial charge on any atom is 0.263 e. The number of nitrogens with one attached hydrogen (secondary N) is 2. The minimum Gasteiger partial charge on any atom is -0.369 e. The topological polar surface area (TPSA) is 61.2 Å². The summed E-state index contributed by atoms with van der Waals surface area (Å²) in [4.78, 5) is 6.41. The molecule has 7 nitrogen and oxygen atoms in total. The van der Waals surface area contributed by atoms with Crippen molar-refractivity contribution in [3.05, 3.63) is 78.5 Å². The highest BCUT2D eigenvalue weighted by Gasteiger charge is 2.23. The van der Waals surface area contributed by atoms with Gasteiger partial charge < -0.3 is 14.9 Å². The zero-order chi connectivity index (χ0) is 27.5. The van der Waals surface area contributed by atoms with Gasteiger partial charge in [-0.05, 0) is 61.4 Å². The van der Waals surface area contributed by atoms with Gasteiger partial charge in [0.05, 0.1) is 11.4 Å². The lowest BCUT2D eigenvalue weighted by Gasteiger charge is -2.29. The van der Waals surface area contributed by atoms with Crippen molar-refractivity contribution in [1.82, 2.24) is 24.4 Å². The van der Waals surface area contributed by atoms with Crippen LogP contribution >= 0.6 is 12.1 Å². The molecule has 0 spiro atoms. The van der Waals surface area contributed by atoms with E-state index >= 15 is 4.39 Å². The summed E-state index contributed by atoms with van der Waals surface area (Å²) in [5, 5.41) is 8.16. The zero-order valence-electron chi connectivity index (χ0n) is 21.9. The first-order valence-electron chi connectivity index (χ1n) is 13.4. The third-order valence-corrected chi connectivity index (χ3v) is 8.19. The third-order valence-electron chi connectivity index (χ3n) is 7.25. The van der Waals surface area contributed by atoms with Crippen molar-refractivity contribution < 1.29 is 13.2 Å². The number of hydrogen-bond donors (Lipinski definition) is 2. The van der Waals surface area contributed by atoms with Crippen LogP contribution in [0.2, 0.25) is 0 Å². The Kier molecular flexibility index (Phi) is 7.94. The summed E-state index contributed by atoms with van der Waals surface area (Å²) in [7, 11) is 0. The van der Waals surface area contributed by atoms with Crippen LogP contribution in [0.15, 0.2) is 67.1 Å². The van der Waals surface area contributed by atoms with Crippen LogP contribution in [-0.2, 0) is 0 Å². The van der Waals surface area contributed by atoms with E-state index in [1.54, 1.807) is 35.4 Å². The summed E-state index contributed by atoms with van der Waals surface area (Å²) >= 11 is 1.25. The van der Waals surface area contributed by atoms with Gasteiger partial charge in [0.1, 0.15) is 5.69 Å². The highest BCUT2D eigenvalue weighted by Crippen LogP contribution is 2.39. The Labute approximate surface area is 235 Å². The predicted octanol–water partition coefficient (Wildman–Crippen LogP) is 6.16. The lowest BCUT2D eigenvalue weighted by Crippen LogP contribution is -2.43. The Morgan fingerprint density at radius 1 is 0.875 bits per heavy atom. The molecule has 2 N–H and O–H groups in total. The lowest BCUT2D eigenvalue weighted by molar-refractivity contribution is 0.151. The van der Waals surface area contributed by atoms with Gasteiger partial charge in [-0.2, -0.15) is 5.10 Å². The fraction of sp³-hybridized carbons (Fsp3) is 0.310. The van der Waals surface area contributed by atoms with Crippen molar-refractivity contribution in [1.29, 1.82) is 0 Å². The van der Waals surface area contributed by atoms with Crippen molar-refractivity contribution in [2.75, 3.05) is 48.9 Å².